The molecule has 100 valence electrons. The number of ether oxygens (including phenoxy) is 2. The van der Waals surface area contributed by atoms with Crippen LogP contribution >= 0.6 is 0 Å². The van der Waals surface area contributed by atoms with Crippen LogP contribution < -0.4 is 0 Å². The molecule has 0 radical (unpaired) electrons. The van der Waals surface area contributed by atoms with Crippen LogP contribution in [0.4, 0.5) is 0 Å². The van der Waals surface area contributed by atoms with Gasteiger partial charge in [0.05, 0.1) is 0 Å². The van der Waals surface area contributed by atoms with Gasteiger partial charge in [0.15, 0.2) is 0 Å². The van der Waals surface area contributed by atoms with E-state index in [-0.39, 0.29) is 26.8 Å². The summed E-state index contributed by atoms with van der Waals surface area (Å²) in [5.74, 6) is -0.543. The SMILES string of the molecule is COC(=O)c1c[se]c([C@@H]2O[C@H](CO)[C@@H](O)[C@H]2O)n1. The summed E-state index contributed by atoms with van der Waals surface area (Å²) in [6.07, 6.45) is -3.91. The summed E-state index contributed by atoms with van der Waals surface area (Å²) in [6.45, 7) is -0.383. The van der Waals surface area contributed by atoms with E-state index in [1.807, 2.05) is 0 Å². The molecule has 0 unspecified atom stereocenters. The fraction of sp³-hybridized carbons (Fsp3) is 0.600. The van der Waals surface area contributed by atoms with Crippen molar-refractivity contribution in [1.29, 1.82) is 0 Å². The minimum absolute atomic E-state index is 0.185. The molecule has 7 nitrogen and oxygen atoms in total. The minimum atomic E-state index is -1.15. The Kier molecular flexibility index (Phi) is 4.16. The van der Waals surface area contributed by atoms with Crippen LogP contribution in [0.15, 0.2) is 4.94 Å². The summed E-state index contributed by atoms with van der Waals surface area (Å²) in [4.78, 5) is 16.9. The second kappa shape index (κ2) is 5.48. The van der Waals surface area contributed by atoms with Gasteiger partial charge in [-0.15, -0.1) is 0 Å². The summed E-state index contributed by atoms with van der Waals surface area (Å²) in [7, 11) is 1.26. The van der Waals surface area contributed by atoms with Gasteiger partial charge in [-0.2, -0.15) is 0 Å². The van der Waals surface area contributed by atoms with E-state index in [2.05, 4.69) is 9.72 Å². The van der Waals surface area contributed by atoms with E-state index in [4.69, 9.17) is 9.84 Å². The van der Waals surface area contributed by atoms with Crippen LogP contribution in [0, 0.1) is 0 Å². The van der Waals surface area contributed by atoms with E-state index >= 15 is 0 Å². The molecule has 1 aromatic heterocycles. The summed E-state index contributed by atoms with van der Waals surface area (Å²) in [5.41, 5.74) is 0.185. The summed E-state index contributed by atoms with van der Waals surface area (Å²) in [5, 5.41) is 28.4. The van der Waals surface area contributed by atoms with Crippen LogP contribution in [0.3, 0.4) is 0 Å². The molecule has 0 bridgehead atoms. The van der Waals surface area contributed by atoms with Crippen molar-refractivity contribution in [2.75, 3.05) is 13.7 Å². The van der Waals surface area contributed by atoms with E-state index < -0.39 is 30.4 Å². The number of rotatable bonds is 3. The van der Waals surface area contributed by atoms with Gasteiger partial charge in [-0.3, -0.25) is 0 Å². The van der Waals surface area contributed by atoms with Crippen LogP contribution in [-0.4, -0.2) is 72.8 Å². The molecule has 1 fully saturated rings. The van der Waals surface area contributed by atoms with Crippen molar-refractivity contribution in [1.82, 2.24) is 4.98 Å². The summed E-state index contributed by atoms with van der Waals surface area (Å²) < 4.78 is 10.4. The van der Waals surface area contributed by atoms with Gasteiger partial charge >= 0.3 is 108 Å². The number of hydrogen-bond donors (Lipinski definition) is 3. The third-order valence-electron chi connectivity index (χ3n) is 2.70. The van der Waals surface area contributed by atoms with Crippen molar-refractivity contribution >= 4 is 20.5 Å². The van der Waals surface area contributed by atoms with Gasteiger partial charge in [0, 0.05) is 0 Å². The van der Waals surface area contributed by atoms with Crippen LogP contribution in [-0.2, 0) is 9.47 Å². The second-order valence-electron chi connectivity index (χ2n) is 3.82. The molecule has 2 heterocycles. The zero-order chi connectivity index (χ0) is 13.3. The number of esters is 1. The number of methoxy groups -OCH3 is 1. The van der Waals surface area contributed by atoms with Gasteiger partial charge in [0.25, 0.3) is 0 Å². The van der Waals surface area contributed by atoms with Gasteiger partial charge < -0.3 is 0 Å². The van der Waals surface area contributed by atoms with E-state index in [1.165, 1.54) is 7.11 Å². The Bertz CT molecular complexity index is 436. The first kappa shape index (κ1) is 13.7. The van der Waals surface area contributed by atoms with Gasteiger partial charge in [0.2, 0.25) is 0 Å². The molecule has 0 saturated carbocycles. The van der Waals surface area contributed by atoms with Gasteiger partial charge in [-0.1, -0.05) is 0 Å². The molecule has 4 atom stereocenters. The number of carbonyl (C=O) groups excluding carboxylic acids is 1. The van der Waals surface area contributed by atoms with E-state index in [1.54, 1.807) is 4.94 Å². The van der Waals surface area contributed by atoms with Gasteiger partial charge in [0.1, 0.15) is 0 Å². The van der Waals surface area contributed by atoms with E-state index in [0.29, 0.717) is 4.57 Å². The zero-order valence-corrected chi connectivity index (χ0v) is 11.2. The molecule has 2 rings (SSSR count). The number of carbonyl (C=O) groups is 1. The molecule has 1 aromatic rings. The standard InChI is InChI=1S/C10H13NO6Se/c1-16-10(15)4-3-18-9(11-4)8-7(14)6(13)5(2-12)17-8/h3,5-8,12-14H,2H2,1H3/t5-,6-,7-,8-/m1/s1. The Labute approximate surface area is 109 Å². The number of hydrogen-bond acceptors (Lipinski definition) is 7. The molecule has 1 saturated heterocycles. The predicted molar refractivity (Wildman–Crippen MR) is 59.2 cm³/mol. The van der Waals surface area contributed by atoms with Crippen molar-refractivity contribution in [3.8, 4) is 0 Å². The summed E-state index contributed by atoms with van der Waals surface area (Å²) >= 11 is -0.237. The molecule has 0 spiro atoms. The van der Waals surface area contributed by atoms with Crippen LogP contribution in [0.2, 0.25) is 0 Å². The van der Waals surface area contributed by atoms with Gasteiger partial charge in [-0.05, 0) is 0 Å². The molecule has 18 heavy (non-hydrogen) atoms. The maximum absolute atomic E-state index is 11.3. The van der Waals surface area contributed by atoms with Gasteiger partial charge in [-0.25, -0.2) is 0 Å². The molecular weight excluding hydrogens is 309 g/mol. The van der Waals surface area contributed by atoms with Crippen molar-refractivity contribution in [2.24, 2.45) is 0 Å². The second-order valence-corrected chi connectivity index (χ2v) is 5.69. The Morgan fingerprint density at radius 1 is 1.56 bits per heavy atom. The fourth-order valence-corrected chi connectivity index (χ4v) is 3.53. The third kappa shape index (κ3) is 2.35. The molecule has 0 aromatic carbocycles. The van der Waals surface area contributed by atoms with E-state index in [0.717, 1.165) is 0 Å². The molecule has 0 amide bonds. The number of nitrogens with zero attached hydrogens (tertiary/aromatic N) is 1. The maximum atomic E-state index is 11.3. The molecular formula is C10H13NO6Se. The first-order chi connectivity index (χ1) is 8.58. The van der Waals surface area contributed by atoms with Crippen LogP contribution in [0.5, 0.6) is 0 Å². The van der Waals surface area contributed by atoms with E-state index in [9.17, 15) is 15.0 Å². The molecule has 8 heteroatoms. The fourth-order valence-electron chi connectivity index (χ4n) is 1.72. The normalized spacial score (nSPS) is 31.6. The average molecular weight is 322 g/mol. The predicted octanol–water partition coefficient (Wildman–Crippen LogP) is -1.92. The molecule has 0 aliphatic carbocycles. The Morgan fingerprint density at radius 2 is 2.28 bits per heavy atom. The molecule has 3 N–H and O–H groups in total. The van der Waals surface area contributed by atoms with Crippen LogP contribution in [0.25, 0.3) is 0 Å². The average Bonchev–Trinajstić information content (AvgIpc) is 2.96. The topological polar surface area (TPSA) is 109 Å². The Balaban J connectivity index is 2.17. The third-order valence-corrected chi connectivity index (χ3v) is 4.60. The number of aromatic nitrogens is 1. The van der Waals surface area contributed by atoms with Crippen molar-refractivity contribution in [3.63, 3.8) is 0 Å². The number of aliphatic hydroxyl groups excluding tert-OH is 3. The van der Waals surface area contributed by atoms with Crippen molar-refractivity contribution < 1.29 is 29.6 Å². The first-order valence-corrected chi connectivity index (χ1v) is 7.09. The van der Waals surface area contributed by atoms with Crippen LogP contribution in [0.1, 0.15) is 21.2 Å². The monoisotopic (exact) mass is 323 g/mol. The Morgan fingerprint density at radius 3 is 2.83 bits per heavy atom. The van der Waals surface area contributed by atoms with Crippen molar-refractivity contribution in [3.05, 3.63) is 15.2 Å². The number of aliphatic hydroxyl groups is 3. The molecule has 1 aliphatic heterocycles. The Hall–Kier alpha value is -0.761. The summed E-state index contributed by atoms with van der Waals surface area (Å²) in [6, 6.07) is 0. The van der Waals surface area contributed by atoms with Crippen molar-refractivity contribution in [2.45, 2.75) is 24.4 Å². The quantitative estimate of drug-likeness (QED) is 0.440. The zero-order valence-electron chi connectivity index (χ0n) is 9.52. The first-order valence-electron chi connectivity index (χ1n) is 5.24. The molecule has 1 aliphatic rings.